The van der Waals surface area contributed by atoms with E-state index in [1.165, 1.54) is 12.1 Å². The van der Waals surface area contributed by atoms with Gasteiger partial charge in [-0.25, -0.2) is 0 Å². The molecule has 2 unspecified atom stereocenters. The van der Waals surface area contributed by atoms with Crippen LogP contribution >= 0.6 is 0 Å². The molecule has 3 rings (SSSR count). The van der Waals surface area contributed by atoms with Gasteiger partial charge in [-0.15, -0.1) is 0 Å². The number of nitrogens with one attached hydrogen (secondary N) is 1. The van der Waals surface area contributed by atoms with Gasteiger partial charge in [0.05, 0.1) is 19.3 Å². The Morgan fingerprint density at radius 3 is 2.27 bits per heavy atom. The lowest BCUT2D eigenvalue weighted by atomic mass is 9.97. The summed E-state index contributed by atoms with van der Waals surface area (Å²) in [5.41, 5.74) is -0.898. The molecule has 0 bridgehead atoms. The number of esters is 1. The summed E-state index contributed by atoms with van der Waals surface area (Å²) in [5.74, 6) is -1.02. The van der Waals surface area contributed by atoms with E-state index in [4.69, 9.17) is 9.47 Å². The van der Waals surface area contributed by atoms with Crippen molar-refractivity contribution in [3.05, 3.63) is 65.2 Å². The number of halogens is 3. The van der Waals surface area contributed by atoms with Crippen LogP contribution in [0.15, 0.2) is 48.5 Å². The van der Waals surface area contributed by atoms with E-state index < -0.39 is 34.9 Å². The molecule has 1 aliphatic rings. The first-order valence-electron chi connectivity index (χ1n) is 9.48. The van der Waals surface area contributed by atoms with Gasteiger partial charge < -0.3 is 14.8 Å². The molecule has 0 aliphatic heterocycles. The molecule has 8 heteroatoms. The van der Waals surface area contributed by atoms with Crippen LogP contribution in [0.3, 0.4) is 0 Å². The molecule has 2 aromatic rings. The Morgan fingerprint density at radius 1 is 1.10 bits per heavy atom. The first-order chi connectivity index (χ1) is 14.2. The predicted molar refractivity (Wildman–Crippen MR) is 103 cm³/mol. The van der Waals surface area contributed by atoms with Crippen molar-refractivity contribution in [1.29, 1.82) is 0 Å². The minimum atomic E-state index is -4.45. The molecule has 1 aliphatic carbocycles. The van der Waals surface area contributed by atoms with E-state index >= 15 is 0 Å². The smallest absolute Gasteiger partial charge is 0.416 e. The van der Waals surface area contributed by atoms with Gasteiger partial charge in [0.15, 0.2) is 5.41 Å². The average molecular weight is 421 g/mol. The molecule has 1 N–H and O–H groups in total. The zero-order valence-electron chi connectivity index (χ0n) is 16.6. The SMILES string of the molecule is CCOC(=O)C1(C(=O)NCc2ccc(OC)cc2)CC1c1ccc(C(F)(F)F)cc1. The molecule has 1 saturated carbocycles. The van der Waals surface area contributed by atoms with Crippen molar-refractivity contribution in [1.82, 2.24) is 5.32 Å². The Bertz CT molecular complexity index is 909. The van der Waals surface area contributed by atoms with Crippen LogP contribution < -0.4 is 10.1 Å². The number of carbonyl (C=O) groups is 2. The number of hydrogen-bond donors (Lipinski definition) is 1. The monoisotopic (exact) mass is 421 g/mol. The maximum absolute atomic E-state index is 12.9. The minimum absolute atomic E-state index is 0.103. The van der Waals surface area contributed by atoms with Crippen LogP contribution in [0.25, 0.3) is 0 Å². The summed E-state index contributed by atoms with van der Waals surface area (Å²) in [5, 5.41) is 2.75. The van der Waals surface area contributed by atoms with Crippen molar-refractivity contribution in [2.45, 2.75) is 32.0 Å². The Morgan fingerprint density at radius 2 is 1.73 bits per heavy atom. The molecular formula is C22H22F3NO4. The van der Waals surface area contributed by atoms with Gasteiger partial charge in [0.25, 0.3) is 0 Å². The van der Waals surface area contributed by atoms with Crippen molar-refractivity contribution in [2.75, 3.05) is 13.7 Å². The standard InChI is InChI=1S/C22H22F3NO4/c1-3-30-20(28)21(19(27)26-13-14-4-10-17(29-2)11-5-14)12-18(21)15-6-8-16(9-7-15)22(23,24)25/h4-11,18H,3,12-13H2,1-2H3,(H,26,27). The average Bonchev–Trinajstić information content (AvgIpc) is 3.49. The molecule has 160 valence electrons. The molecule has 2 atom stereocenters. The van der Waals surface area contributed by atoms with Crippen LogP contribution in [0, 0.1) is 5.41 Å². The van der Waals surface area contributed by atoms with Crippen LogP contribution in [-0.2, 0) is 27.0 Å². The fourth-order valence-corrected chi connectivity index (χ4v) is 3.48. The summed E-state index contributed by atoms with van der Waals surface area (Å²) >= 11 is 0. The van der Waals surface area contributed by atoms with Gasteiger partial charge >= 0.3 is 12.1 Å². The lowest BCUT2D eigenvalue weighted by molar-refractivity contribution is -0.154. The molecule has 0 radical (unpaired) electrons. The number of hydrogen-bond acceptors (Lipinski definition) is 4. The molecule has 0 spiro atoms. The summed E-state index contributed by atoms with van der Waals surface area (Å²) in [6.07, 6.45) is -4.26. The van der Waals surface area contributed by atoms with Gasteiger partial charge in [0, 0.05) is 12.5 Å². The Kier molecular flexibility index (Phi) is 6.05. The lowest BCUT2D eigenvalue weighted by Crippen LogP contribution is -2.39. The van der Waals surface area contributed by atoms with Crippen LogP contribution in [0.4, 0.5) is 13.2 Å². The van der Waals surface area contributed by atoms with Crippen LogP contribution in [0.2, 0.25) is 0 Å². The molecule has 1 amide bonds. The van der Waals surface area contributed by atoms with E-state index in [1.807, 2.05) is 0 Å². The number of amides is 1. The first kappa shape index (κ1) is 21.7. The van der Waals surface area contributed by atoms with Gasteiger partial charge in [0.2, 0.25) is 5.91 Å². The van der Waals surface area contributed by atoms with Crippen LogP contribution in [-0.4, -0.2) is 25.6 Å². The molecule has 1 fully saturated rings. The topological polar surface area (TPSA) is 64.6 Å². The van der Waals surface area contributed by atoms with Crippen molar-refractivity contribution >= 4 is 11.9 Å². The normalized spacial score (nSPS) is 20.4. The Balaban J connectivity index is 1.76. The van der Waals surface area contributed by atoms with Crippen LogP contribution in [0.5, 0.6) is 5.75 Å². The zero-order valence-corrected chi connectivity index (χ0v) is 16.6. The summed E-state index contributed by atoms with van der Waals surface area (Å²) in [7, 11) is 1.55. The second kappa shape index (κ2) is 8.38. The zero-order chi connectivity index (χ0) is 21.9. The maximum Gasteiger partial charge on any atom is 0.416 e. The van der Waals surface area contributed by atoms with Crippen molar-refractivity contribution in [3.63, 3.8) is 0 Å². The molecule has 2 aromatic carbocycles. The number of methoxy groups -OCH3 is 1. The van der Waals surface area contributed by atoms with E-state index in [0.29, 0.717) is 11.3 Å². The third kappa shape index (κ3) is 4.27. The van der Waals surface area contributed by atoms with E-state index in [9.17, 15) is 22.8 Å². The quantitative estimate of drug-likeness (QED) is 0.541. The van der Waals surface area contributed by atoms with E-state index in [-0.39, 0.29) is 19.6 Å². The first-order valence-corrected chi connectivity index (χ1v) is 9.48. The van der Waals surface area contributed by atoms with Gasteiger partial charge in [-0.2, -0.15) is 13.2 Å². The van der Waals surface area contributed by atoms with Gasteiger partial charge in [-0.3, -0.25) is 9.59 Å². The number of carbonyl (C=O) groups excluding carboxylic acids is 2. The molecule has 30 heavy (non-hydrogen) atoms. The van der Waals surface area contributed by atoms with Crippen molar-refractivity contribution in [2.24, 2.45) is 5.41 Å². The molecule has 5 nitrogen and oxygen atoms in total. The maximum atomic E-state index is 12.9. The third-order valence-electron chi connectivity index (χ3n) is 5.26. The van der Waals surface area contributed by atoms with Gasteiger partial charge in [-0.05, 0) is 48.7 Å². The highest BCUT2D eigenvalue weighted by atomic mass is 19.4. The van der Waals surface area contributed by atoms with Gasteiger partial charge in [0.1, 0.15) is 5.75 Å². The summed E-state index contributed by atoms with van der Waals surface area (Å²) in [6, 6.07) is 11.6. The largest absolute Gasteiger partial charge is 0.497 e. The number of alkyl halides is 3. The molecular weight excluding hydrogens is 399 g/mol. The summed E-state index contributed by atoms with van der Waals surface area (Å²) in [4.78, 5) is 25.5. The summed E-state index contributed by atoms with van der Waals surface area (Å²) < 4.78 is 48.6. The van der Waals surface area contributed by atoms with Crippen molar-refractivity contribution in [3.8, 4) is 5.75 Å². The van der Waals surface area contributed by atoms with Crippen LogP contribution in [0.1, 0.15) is 36.0 Å². The molecule has 0 aromatic heterocycles. The second-order valence-corrected chi connectivity index (χ2v) is 7.10. The van der Waals surface area contributed by atoms with E-state index in [1.54, 1.807) is 38.3 Å². The van der Waals surface area contributed by atoms with Crippen molar-refractivity contribution < 1.29 is 32.2 Å². The summed E-state index contributed by atoms with van der Waals surface area (Å²) in [6.45, 7) is 1.94. The fourth-order valence-electron chi connectivity index (χ4n) is 3.48. The second-order valence-electron chi connectivity index (χ2n) is 7.10. The molecule has 0 heterocycles. The highest BCUT2D eigenvalue weighted by molar-refractivity contribution is 6.07. The van der Waals surface area contributed by atoms with Gasteiger partial charge in [-0.1, -0.05) is 24.3 Å². The van der Waals surface area contributed by atoms with E-state index in [2.05, 4.69) is 5.32 Å². The Labute approximate surface area is 172 Å². The Hall–Kier alpha value is -3.03. The fraction of sp³-hybridized carbons (Fsp3) is 0.364. The highest BCUT2D eigenvalue weighted by Crippen LogP contribution is 2.60. The third-order valence-corrected chi connectivity index (χ3v) is 5.26. The number of benzene rings is 2. The highest BCUT2D eigenvalue weighted by Gasteiger charge is 2.67. The predicted octanol–water partition coefficient (Wildman–Crippen LogP) is 4.07. The number of ether oxygens (including phenoxy) is 2. The number of rotatable bonds is 7. The lowest BCUT2D eigenvalue weighted by Gasteiger charge is -2.17. The molecule has 0 saturated heterocycles. The minimum Gasteiger partial charge on any atom is -0.497 e. The van der Waals surface area contributed by atoms with E-state index in [0.717, 1.165) is 17.7 Å².